The van der Waals surface area contributed by atoms with Crippen LogP contribution in [0.3, 0.4) is 0 Å². The van der Waals surface area contributed by atoms with Crippen LogP contribution in [0.2, 0.25) is 10.0 Å². The van der Waals surface area contributed by atoms with E-state index in [4.69, 9.17) is 32.0 Å². The molecule has 0 aliphatic carbocycles. The molecule has 1 aliphatic rings. The summed E-state index contributed by atoms with van der Waals surface area (Å²) in [5.41, 5.74) is 1.28. The van der Waals surface area contributed by atoms with Crippen LogP contribution >= 0.6 is 23.2 Å². The molecule has 4 rings (SSSR count). The van der Waals surface area contributed by atoms with Crippen LogP contribution in [0, 0.1) is 0 Å². The first kappa shape index (κ1) is 18.2. The number of piperidine rings is 1. The second-order valence-electron chi connectivity index (χ2n) is 6.56. The highest BCUT2D eigenvalue weighted by molar-refractivity contribution is 6.36. The Bertz CT molecular complexity index is 932. The van der Waals surface area contributed by atoms with E-state index in [-0.39, 0.29) is 11.7 Å². The van der Waals surface area contributed by atoms with Crippen LogP contribution in [-0.2, 0) is 0 Å². The minimum Gasteiger partial charge on any atom is -0.472 e. The van der Waals surface area contributed by atoms with Crippen LogP contribution in [-0.4, -0.2) is 40.5 Å². The van der Waals surface area contributed by atoms with Gasteiger partial charge in [-0.3, -0.25) is 9.69 Å². The minimum absolute atomic E-state index is 0.00449. The Morgan fingerprint density at radius 1 is 1.19 bits per heavy atom. The number of likely N-dealkylation sites (tertiary alicyclic amines) is 1. The number of hydrogen-bond acceptors (Lipinski definition) is 6. The molecule has 0 spiro atoms. The highest BCUT2D eigenvalue weighted by Gasteiger charge is 2.27. The summed E-state index contributed by atoms with van der Waals surface area (Å²) in [5.74, 6) is 1.30. The van der Waals surface area contributed by atoms with E-state index in [1.54, 1.807) is 36.8 Å². The minimum atomic E-state index is -0.00449. The van der Waals surface area contributed by atoms with E-state index in [0.29, 0.717) is 33.9 Å². The van der Waals surface area contributed by atoms with Crippen LogP contribution < -0.4 is 0 Å². The summed E-state index contributed by atoms with van der Waals surface area (Å²) in [5, 5.41) is 9.17. The molecule has 8 heteroatoms. The standard InChI is InChI=1S/C19H17Cl2N3O3/c20-14-1-2-15(16(21)9-14)17(25)10-24-6-3-12(4-7-24)18-22-23-19(27-18)13-5-8-26-11-13/h1-2,5,8-9,11-12H,3-4,6-7,10H2. The van der Waals surface area contributed by atoms with E-state index in [0.717, 1.165) is 31.5 Å². The predicted molar refractivity (Wildman–Crippen MR) is 101 cm³/mol. The van der Waals surface area contributed by atoms with Crippen LogP contribution in [0.4, 0.5) is 0 Å². The van der Waals surface area contributed by atoms with Crippen molar-refractivity contribution in [3.63, 3.8) is 0 Å². The maximum atomic E-state index is 12.5. The maximum Gasteiger partial charge on any atom is 0.250 e. The first-order chi connectivity index (χ1) is 13.1. The molecule has 140 valence electrons. The van der Waals surface area contributed by atoms with Crippen LogP contribution in [0.15, 0.2) is 45.6 Å². The average Bonchev–Trinajstić information content (AvgIpc) is 3.34. The number of rotatable bonds is 5. The predicted octanol–water partition coefficient (Wildman–Crippen LogP) is 4.70. The fourth-order valence-electron chi connectivity index (χ4n) is 3.24. The van der Waals surface area contributed by atoms with Crippen molar-refractivity contribution < 1.29 is 13.6 Å². The van der Waals surface area contributed by atoms with Gasteiger partial charge in [-0.25, -0.2) is 0 Å². The molecule has 1 aromatic carbocycles. The number of aromatic nitrogens is 2. The molecule has 0 saturated carbocycles. The fraction of sp³-hybridized carbons (Fsp3) is 0.316. The molecule has 1 saturated heterocycles. The molecule has 6 nitrogen and oxygen atoms in total. The van der Waals surface area contributed by atoms with Crippen LogP contribution in [0.1, 0.15) is 35.0 Å². The highest BCUT2D eigenvalue weighted by Crippen LogP contribution is 2.30. The third kappa shape index (κ3) is 4.08. The molecule has 0 unspecified atom stereocenters. The SMILES string of the molecule is O=C(CN1CCC(c2nnc(-c3ccoc3)o2)CC1)c1ccc(Cl)cc1Cl. The molecular formula is C19H17Cl2N3O3. The van der Waals surface area contributed by atoms with Crippen molar-refractivity contribution >= 4 is 29.0 Å². The van der Waals surface area contributed by atoms with Crippen molar-refractivity contribution in [3.8, 4) is 11.5 Å². The highest BCUT2D eigenvalue weighted by atomic mass is 35.5. The molecule has 0 N–H and O–H groups in total. The summed E-state index contributed by atoms with van der Waals surface area (Å²) >= 11 is 12.0. The number of halogens is 2. The Morgan fingerprint density at radius 3 is 2.70 bits per heavy atom. The second-order valence-corrected chi connectivity index (χ2v) is 7.40. The number of benzene rings is 1. The van der Waals surface area contributed by atoms with E-state index in [1.165, 1.54) is 0 Å². The Labute approximate surface area is 166 Å². The number of furan rings is 1. The molecule has 0 radical (unpaired) electrons. The van der Waals surface area contributed by atoms with Gasteiger partial charge in [0.05, 0.1) is 23.4 Å². The van der Waals surface area contributed by atoms with Crippen molar-refractivity contribution in [3.05, 3.63) is 58.3 Å². The second kappa shape index (κ2) is 7.84. The number of carbonyl (C=O) groups is 1. The lowest BCUT2D eigenvalue weighted by Gasteiger charge is -2.29. The number of nitrogens with zero attached hydrogens (tertiary/aromatic N) is 3. The van der Waals surface area contributed by atoms with Gasteiger partial charge in [0.25, 0.3) is 5.89 Å². The fourth-order valence-corrected chi connectivity index (χ4v) is 3.76. The van der Waals surface area contributed by atoms with Gasteiger partial charge < -0.3 is 8.83 Å². The van der Waals surface area contributed by atoms with E-state index in [1.807, 2.05) is 0 Å². The summed E-state index contributed by atoms with van der Waals surface area (Å²) in [4.78, 5) is 14.6. The molecule has 1 aliphatic heterocycles. The summed E-state index contributed by atoms with van der Waals surface area (Å²) in [7, 11) is 0. The van der Waals surface area contributed by atoms with Crippen LogP contribution in [0.5, 0.6) is 0 Å². The van der Waals surface area contributed by atoms with Gasteiger partial charge >= 0.3 is 0 Å². The van der Waals surface area contributed by atoms with Gasteiger partial charge in [0.15, 0.2) is 5.78 Å². The average molecular weight is 406 g/mol. The van der Waals surface area contributed by atoms with Gasteiger partial charge in [-0.05, 0) is 50.2 Å². The number of hydrogen-bond donors (Lipinski definition) is 0. The van der Waals surface area contributed by atoms with Gasteiger partial charge in [0.1, 0.15) is 6.26 Å². The molecule has 0 amide bonds. The van der Waals surface area contributed by atoms with Crippen LogP contribution in [0.25, 0.3) is 11.5 Å². The molecule has 3 heterocycles. The van der Waals surface area contributed by atoms with Gasteiger partial charge in [0.2, 0.25) is 5.89 Å². The van der Waals surface area contributed by atoms with Crippen molar-refractivity contribution in [2.45, 2.75) is 18.8 Å². The lowest BCUT2D eigenvalue weighted by atomic mass is 9.96. The Balaban J connectivity index is 1.34. The lowest BCUT2D eigenvalue weighted by Crippen LogP contribution is -2.37. The monoisotopic (exact) mass is 405 g/mol. The first-order valence-electron chi connectivity index (χ1n) is 8.67. The van der Waals surface area contributed by atoms with Crippen molar-refractivity contribution in [2.24, 2.45) is 0 Å². The number of ketones is 1. The van der Waals surface area contributed by atoms with E-state index >= 15 is 0 Å². The zero-order valence-corrected chi connectivity index (χ0v) is 15.9. The van der Waals surface area contributed by atoms with Gasteiger partial charge in [0, 0.05) is 16.5 Å². The third-order valence-corrected chi connectivity index (χ3v) is 5.29. The van der Waals surface area contributed by atoms with Gasteiger partial charge in [-0.15, -0.1) is 10.2 Å². The van der Waals surface area contributed by atoms with E-state index in [2.05, 4.69) is 15.1 Å². The molecule has 3 aromatic rings. The molecule has 1 fully saturated rings. The zero-order chi connectivity index (χ0) is 18.8. The number of Topliss-reactive ketones (excluding diaryl/α,β-unsaturated/α-hetero) is 1. The third-order valence-electron chi connectivity index (χ3n) is 4.74. The summed E-state index contributed by atoms with van der Waals surface area (Å²) in [6.45, 7) is 1.90. The quantitative estimate of drug-likeness (QED) is 0.572. The smallest absolute Gasteiger partial charge is 0.250 e. The lowest BCUT2D eigenvalue weighted by molar-refractivity contribution is 0.0906. The summed E-state index contributed by atoms with van der Waals surface area (Å²) < 4.78 is 10.8. The molecular weight excluding hydrogens is 389 g/mol. The molecule has 27 heavy (non-hydrogen) atoms. The molecule has 2 aromatic heterocycles. The molecule has 0 atom stereocenters. The Hall–Kier alpha value is -2.15. The molecule has 0 bridgehead atoms. The summed E-state index contributed by atoms with van der Waals surface area (Å²) in [6.07, 6.45) is 4.86. The van der Waals surface area contributed by atoms with Crippen molar-refractivity contribution in [1.29, 1.82) is 0 Å². The first-order valence-corrected chi connectivity index (χ1v) is 9.42. The number of carbonyl (C=O) groups excluding carboxylic acids is 1. The summed E-state index contributed by atoms with van der Waals surface area (Å²) in [6, 6.07) is 6.73. The van der Waals surface area contributed by atoms with E-state index < -0.39 is 0 Å². The van der Waals surface area contributed by atoms with Crippen molar-refractivity contribution in [1.82, 2.24) is 15.1 Å². The Kier molecular flexibility index (Phi) is 5.29. The maximum absolute atomic E-state index is 12.5. The largest absolute Gasteiger partial charge is 0.472 e. The van der Waals surface area contributed by atoms with Crippen molar-refractivity contribution in [2.75, 3.05) is 19.6 Å². The topological polar surface area (TPSA) is 72.4 Å². The van der Waals surface area contributed by atoms with Gasteiger partial charge in [-0.1, -0.05) is 23.2 Å². The van der Waals surface area contributed by atoms with Gasteiger partial charge in [-0.2, -0.15) is 0 Å². The normalized spacial score (nSPS) is 15.9. The van der Waals surface area contributed by atoms with E-state index in [9.17, 15) is 4.79 Å². The zero-order valence-electron chi connectivity index (χ0n) is 14.4. The Morgan fingerprint density at radius 2 is 2.00 bits per heavy atom.